The van der Waals surface area contributed by atoms with Gasteiger partial charge < -0.3 is 15.6 Å². The lowest BCUT2D eigenvalue weighted by Gasteiger charge is -2.21. The van der Waals surface area contributed by atoms with Gasteiger partial charge >= 0.3 is 6.09 Å². The van der Waals surface area contributed by atoms with Gasteiger partial charge in [-0.25, -0.2) is 4.79 Å². The van der Waals surface area contributed by atoms with Crippen LogP contribution in [0.25, 0.3) is 0 Å². The molecule has 0 aromatic heterocycles. The van der Waals surface area contributed by atoms with Crippen molar-refractivity contribution >= 4 is 11.8 Å². The number of phenolic OH excluding ortho intramolecular Hbond substituents is 1. The number of nitrogens with zero attached hydrogens (tertiary/aromatic N) is 1. The topological polar surface area (TPSA) is 75.8 Å². The van der Waals surface area contributed by atoms with Gasteiger partial charge in [-0.2, -0.15) is 0 Å². The second-order valence-electron chi connectivity index (χ2n) is 4.02. The van der Waals surface area contributed by atoms with Gasteiger partial charge in [0, 0.05) is 0 Å². The highest BCUT2D eigenvalue weighted by atomic mass is 16.6. The monoisotopic (exact) mass is 236 g/mol. The molecule has 0 saturated carbocycles. The van der Waals surface area contributed by atoms with Crippen LogP contribution in [0.2, 0.25) is 0 Å². The zero-order valence-corrected chi connectivity index (χ0v) is 9.50. The Morgan fingerprint density at radius 3 is 2.94 bits per heavy atom. The summed E-state index contributed by atoms with van der Waals surface area (Å²) in [6.07, 6.45) is 1.19. The number of rotatable bonds is 4. The Hall–Kier alpha value is -1.75. The summed E-state index contributed by atoms with van der Waals surface area (Å²) < 4.78 is 5.02. The highest BCUT2D eigenvalue weighted by Gasteiger charge is 2.34. The molecule has 5 nitrogen and oxygen atoms in total. The van der Waals surface area contributed by atoms with Crippen molar-refractivity contribution in [2.45, 2.75) is 18.9 Å². The smallest absolute Gasteiger partial charge is 0.414 e. The van der Waals surface area contributed by atoms with Gasteiger partial charge in [0.2, 0.25) is 0 Å². The van der Waals surface area contributed by atoms with Crippen molar-refractivity contribution in [2.75, 3.05) is 18.1 Å². The molecule has 0 bridgehead atoms. The van der Waals surface area contributed by atoms with Crippen LogP contribution in [-0.4, -0.2) is 30.4 Å². The molecule has 1 heterocycles. The van der Waals surface area contributed by atoms with E-state index in [2.05, 4.69) is 0 Å². The lowest BCUT2D eigenvalue weighted by Crippen LogP contribution is -2.33. The van der Waals surface area contributed by atoms with Crippen molar-refractivity contribution in [1.82, 2.24) is 0 Å². The fraction of sp³-hybridized carbons (Fsp3) is 0.417. The second kappa shape index (κ2) is 5.05. The van der Waals surface area contributed by atoms with Crippen LogP contribution in [0.5, 0.6) is 5.75 Å². The predicted octanol–water partition coefficient (Wildman–Crippen LogP) is 1.46. The van der Waals surface area contributed by atoms with E-state index in [1.807, 2.05) is 0 Å². The van der Waals surface area contributed by atoms with Crippen molar-refractivity contribution in [3.63, 3.8) is 0 Å². The summed E-state index contributed by atoms with van der Waals surface area (Å²) in [7, 11) is 0. The Morgan fingerprint density at radius 2 is 2.24 bits per heavy atom. The van der Waals surface area contributed by atoms with Gasteiger partial charge in [0.15, 0.2) is 0 Å². The third-order valence-electron chi connectivity index (χ3n) is 2.84. The molecule has 0 radical (unpaired) electrons. The van der Waals surface area contributed by atoms with Gasteiger partial charge in [-0.15, -0.1) is 0 Å². The van der Waals surface area contributed by atoms with E-state index >= 15 is 0 Å². The average molecular weight is 236 g/mol. The molecule has 3 N–H and O–H groups in total. The third-order valence-corrected chi connectivity index (χ3v) is 2.84. The minimum absolute atomic E-state index is 0.0423. The first-order valence-corrected chi connectivity index (χ1v) is 5.68. The third kappa shape index (κ3) is 2.34. The Kier molecular flexibility index (Phi) is 3.49. The summed E-state index contributed by atoms with van der Waals surface area (Å²) in [6, 6.07) is 6.72. The van der Waals surface area contributed by atoms with Crippen LogP contribution in [0, 0.1) is 0 Å². The first kappa shape index (κ1) is 11.7. The molecule has 5 heteroatoms. The zero-order valence-electron chi connectivity index (χ0n) is 9.50. The minimum Gasteiger partial charge on any atom is -0.506 e. The maximum Gasteiger partial charge on any atom is 0.414 e. The molecule has 92 valence electrons. The van der Waals surface area contributed by atoms with Crippen LogP contribution in [0.3, 0.4) is 0 Å². The van der Waals surface area contributed by atoms with Crippen molar-refractivity contribution in [1.29, 1.82) is 0 Å². The van der Waals surface area contributed by atoms with Crippen LogP contribution in [0.4, 0.5) is 10.5 Å². The number of hydrogen-bond acceptors (Lipinski definition) is 4. The van der Waals surface area contributed by atoms with Gasteiger partial charge in [-0.3, -0.25) is 4.90 Å². The molecule has 1 aromatic rings. The first-order chi connectivity index (χ1) is 8.24. The predicted molar refractivity (Wildman–Crippen MR) is 64.0 cm³/mol. The quantitative estimate of drug-likeness (QED) is 0.829. The van der Waals surface area contributed by atoms with Crippen LogP contribution in [-0.2, 0) is 4.74 Å². The largest absolute Gasteiger partial charge is 0.506 e. The molecule has 1 aliphatic rings. The molecular formula is C12H16N2O3. The van der Waals surface area contributed by atoms with Gasteiger partial charge in [0.05, 0.1) is 11.7 Å². The molecule has 2 rings (SSSR count). The van der Waals surface area contributed by atoms with Crippen LogP contribution < -0.4 is 10.6 Å². The number of carbonyl (C=O) groups is 1. The van der Waals surface area contributed by atoms with E-state index in [9.17, 15) is 9.90 Å². The number of nitrogens with two attached hydrogens (primary N) is 1. The fourth-order valence-electron chi connectivity index (χ4n) is 1.99. The molecular weight excluding hydrogens is 220 g/mol. The Bertz CT molecular complexity index is 408. The highest BCUT2D eigenvalue weighted by Crippen LogP contribution is 2.32. The number of cyclic esters (lactones) is 1. The number of anilines is 1. The highest BCUT2D eigenvalue weighted by molar-refractivity contribution is 5.91. The average Bonchev–Trinajstić information content (AvgIpc) is 2.69. The summed E-state index contributed by atoms with van der Waals surface area (Å²) in [5.41, 5.74) is 5.96. The van der Waals surface area contributed by atoms with Crippen LogP contribution in [0.1, 0.15) is 12.8 Å². The van der Waals surface area contributed by atoms with Crippen molar-refractivity contribution < 1.29 is 14.6 Å². The second-order valence-corrected chi connectivity index (χ2v) is 4.02. The van der Waals surface area contributed by atoms with E-state index < -0.39 is 6.09 Å². The van der Waals surface area contributed by atoms with Gasteiger partial charge in [0.25, 0.3) is 0 Å². The first-order valence-electron chi connectivity index (χ1n) is 5.68. The number of aromatic hydroxyl groups is 1. The molecule has 17 heavy (non-hydrogen) atoms. The van der Waals surface area contributed by atoms with E-state index in [0.29, 0.717) is 18.8 Å². The number of amides is 1. The Balaban J connectivity index is 2.22. The normalized spacial score (nSPS) is 19.5. The SMILES string of the molecule is NCCCC1COC(=O)N1c1ccccc1O. The number of para-hydroxylation sites is 2. The maximum atomic E-state index is 11.7. The molecule has 1 unspecified atom stereocenters. The maximum absolute atomic E-state index is 11.7. The number of phenols is 1. The summed E-state index contributed by atoms with van der Waals surface area (Å²) >= 11 is 0. The van der Waals surface area contributed by atoms with E-state index in [0.717, 1.165) is 12.8 Å². The lowest BCUT2D eigenvalue weighted by atomic mass is 10.1. The zero-order chi connectivity index (χ0) is 12.3. The van der Waals surface area contributed by atoms with Gasteiger partial charge in [-0.1, -0.05) is 12.1 Å². The van der Waals surface area contributed by atoms with E-state index in [1.54, 1.807) is 24.3 Å². The molecule has 1 aliphatic heterocycles. The van der Waals surface area contributed by atoms with Gasteiger partial charge in [-0.05, 0) is 31.5 Å². The van der Waals surface area contributed by atoms with E-state index in [4.69, 9.17) is 10.5 Å². The number of ether oxygens (including phenoxy) is 1. The summed E-state index contributed by atoms with van der Waals surface area (Å²) in [5.74, 6) is 0.0871. The van der Waals surface area contributed by atoms with Crippen LogP contribution >= 0.6 is 0 Å². The molecule has 0 spiro atoms. The molecule has 1 atom stereocenters. The molecule has 1 amide bonds. The summed E-state index contributed by atoms with van der Waals surface area (Å²) in [6.45, 7) is 0.937. The molecule has 1 aromatic carbocycles. The standard InChI is InChI=1S/C12H16N2O3/c13-7-3-4-9-8-17-12(16)14(9)10-5-1-2-6-11(10)15/h1-2,5-6,9,15H,3-4,7-8,13H2. The van der Waals surface area contributed by atoms with E-state index in [1.165, 1.54) is 4.90 Å². The molecule has 1 saturated heterocycles. The molecule has 1 fully saturated rings. The lowest BCUT2D eigenvalue weighted by molar-refractivity contribution is 0.178. The summed E-state index contributed by atoms with van der Waals surface area (Å²) in [4.78, 5) is 13.2. The number of carbonyl (C=O) groups excluding carboxylic acids is 1. The minimum atomic E-state index is -0.409. The fourth-order valence-corrected chi connectivity index (χ4v) is 1.99. The molecule has 0 aliphatic carbocycles. The van der Waals surface area contributed by atoms with Crippen LogP contribution in [0.15, 0.2) is 24.3 Å². The van der Waals surface area contributed by atoms with E-state index in [-0.39, 0.29) is 11.8 Å². The summed E-state index contributed by atoms with van der Waals surface area (Å²) in [5, 5.41) is 9.76. The van der Waals surface area contributed by atoms with Crippen molar-refractivity contribution in [2.24, 2.45) is 5.73 Å². The number of benzene rings is 1. The van der Waals surface area contributed by atoms with Gasteiger partial charge in [0.1, 0.15) is 12.4 Å². The Labute approximate surface area is 99.8 Å². The Morgan fingerprint density at radius 1 is 1.47 bits per heavy atom. The van der Waals surface area contributed by atoms with Crippen molar-refractivity contribution in [3.8, 4) is 5.75 Å². The number of hydrogen-bond donors (Lipinski definition) is 2. The van der Waals surface area contributed by atoms with Crippen molar-refractivity contribution in [3.05, 3.63) is 24.3 Å².